The quantitative estimate of drug-likeness (QED) is 0.791. The largest absolute Gasteiger partial charge is 0.388 e. The first-order valence-electron chi connectivity index (χ1n) is 7.58. The van der Waals surface area contributed by atoms with Gasteiger partial charge in [0.15, 0.2) is 0 Å². The van der Waals surface area contributed by atoms with E-state index in [0.29, 0.717) is 25.7 Å². The highest BCUT2D eigenvalue weighted by Gasteiger charge is 2.43. The van der Waals surface area contributed by atoms with Crippen LogP contribution in [0.1, 0.15) is 66.2 Å². The molecule has 2 amide bonds. The van der Waals surface area contributed by atoms with Gasteiger partial charge in [-0.2, -0.15) is 0 Å². The summed E-state index contributed by atoms with van der Waals surface area (Å²) >= 11 is 0. The van der Waals surface area contributed by atoms with Crippen molar-refractivity contribution in [3.63, 3.8) is 0 Å². The van der Waals surface area contributed by atoms with Gasteiger partial charge in [0.25, 0.3) is 0 Å². The van der Waals surface area contributed by atoms with E-state index in [9.17, 15) is 14.7 Å². The molecule has 0 atom stereocenters. The fraction of sp³-hybridized carbons (Fsp3) is 0.875. The maximum Gasteiger partial charge on any atom is 0.229 e. The molecule has 0 spiro atoms. The summed E-state index contributed by atoms with van der Waals surface area (Å²) in [6, 6.07) is 0. The Morgan fingerprint density at radius 2 is 1.35 bits per heavy atom. The molecule has 4 heteroatoms. The lowest BCUT2D eigenvalue weighted by molar-refractivity contribution is -0.158. The molecule has 4 nitrogen and oxygen atoms in total. The van der Waals surface area contributed by atoms with Gasteiger partial charge in [0, 0.05) is 12.8 Å². The molecule has 0 aromatic rings. The summed E-state index contributed by atoms with van der Waals surface area (Å²) in [5.74, 6) is -0.269. The van der Waals surface area contributed by atoms with Crippen LogP contribution >= 0.6 is 0 Å². The smallest absolute Gasteiger partial charge is 0.229 e. The molecule has 1 aliphatic carbocycles. The van der Waals surface area contributed by atoms with Crippen molar-refractivity contribution in [2.45, 2.75) is 71.8 Å². The Hall–Kier alpha value is -0.900. The summed E-state index contributed by atoms with van der Waals surface area (Å²) in [7, 11) is 0. The van der Waals surface area contributed by atoms with Crippen LogP contribution in [0.5, 0.6) is 0 Å². The van der Waals surface area contributed by atoms with Gasteiger partial charge in [0.2, 0.25) is 11.8 Å². The Morgan fingerprint density at radius 1 is 0.900 bits per heavy atom. The molecule has 1 saturated heterocycles. The number of nitrogens with zero attached hydrogens (tertiary/aromatic N) is 1. The van der Waals surface area contributed by atoms with Gasteiger partial charge in [-0.3, -0.25) is 14.5 Å². The molecular weight excluding hydrogens is 254 g/mol. The number of imide groups is 1. The molecular formula is C16H27NO3. The Morgan fingerprint density at radius 3 is 1.80 bits per heavy atom. The van der Waals surface area contributed by atoms with Crippen LogP contribution < -0.4 is 0 Å². The molecule has 2 fully saturated rings. The van der Waals surface area contributed by atoms with Crippen LogP contribution in [0.4, 0.5) is 0 Å². The van der Waals surface area contributed by atoms with Crippen LogP contribution in [0.15, 0.2) is 0 Å². The Balaban J connectivity index is 2.03. The number of hydrogen-bond acceptors (Lipinski definition) is 3. The van der Waals surface area contributed by atoms with E-state index in [2.05, 4.69) is 13.8 Å². The minimum Gasteiger partial charge on any atom is -0.388 e. The fourth-order valence-electron chi connectivity index (χ4n) is 3.23. The minimum atomic E-state index is -0.887. The van der Waals surface area contributed by atoms with Crippen LogP contribution in [-0.2, 0) is 9.59 Å². The molecule has 2 rings (SSSR count). The molecule has 0 unspecified atom stereocenters. The van der Waals surface area contributed by atoms with Gasteiger partial charge in [0.05, 0.1) is 12.1 Å². The first kappa shape index (κ1) is 15.5. The second-order valence-corrected chi connectivity index (χ2v) is 8.28. The number of carbonyl (C=O) groups excluding carboxylic acids is 2. The summed E-state index contributed by atoms with van der Waals surface area (Å²) in [5, 5.41) is 10.7. The number of β-amino-alcohol motifs (C(OH)–C–C–N with tert-alkyl or cyclic N) is 1. The van der Waals surface area contributed by atoms with Gasteiger partial charge in [-0.1, -0.05) is 27.7 Å². The van der Waals surface area contributed by atoms with E-state index in [0.717, 1.165) is 12.8 Å². The number of aliphatic hydroxyl groups is 1. The van der Waals surface area contributed by atoms with Crippen molar-refractivity contribution >= 4 is 11.8 Å². The third-order valence-corrected chi connectivity index (χ3v) is 4.85. The van der Waals surface area contributed by atoms with E-state index in [1.54, 1.807) is 0 Å². The first-order chi connectivity index (χ1) is 9.02. The molecule has 0 radical (unpaired) electrons. The number of amides is 2. The van der Waals surface area contributed by atoms with Gasteiger partial charge in [-0.25, -0.2) is 0 Å². The van der Waals surface area contributed by atoms with Crippen molar-refractivity contribution in [2.75, 3.05) is 6.54 Å². The minimum absolute atomic E-state index is 0.135. The SMILES string of the molecule is CC1(C)CCC(O)(CN2C(=O)CC(C)(C)CC2=O)CC1. The predicted molar refractivity (Wildman–Crippen MR) is 76.9 cm³/mol. The fourth-order valence-corrected chi connectivity index (χ4v) is 3.23. The maximum absolute atomic E-state index is 12.2. The third kappa shape index (κ3) is 3.40. The number of carbonyl (C=O) groups is 2. The zero-order valence-electron chi connectivity index (χ0n) is 13.2. The van der Waals surface area contributed by atoms with Crippen molar-refractivity contribution in [1.29, 1.82) is 0 Å². The average Bonchev–Trinajstić information content (AvgIpc) is 2.28. The van der Waals surface area contributed by atoms with Gasteiger partial charge in [-0.05, 0) is 36.5 Å². The summed E-state index contributed by atoms with van der Waals surface area (Å²) in [6.07, 6.45) is 3.98. The van der Waals surface area contributed by atoms with Crippen LogP contribution in [0.25, 0.3) is 0 Å². The molecule has 0 aromatic carbocycles. The number of hydrogen-bond donors (Lipinski definition) is 1. The van der Waals surface area contributed by atoms with Crippen LogP contribution in [0.3, 0.4) is 0 Å². The number of piperidine rings is 1. The summed E-state index contributed by atoms with van der Waals surface area (Å²) < 4.78 is 0. The van der Waals surface area contributed by atoms with Gasteiger partial charge >= 0.3 is 0 Å². The van der Waals surface area contributed by atoms with E-state index in [-0.39, 0.29) is 29.2 Å². The second kappa shape index (κ2) is 4.83. The zero-order chi connectivity index (χ0) is 15.2. The van der Waals surface area contributed by atoms with Crippen molar-refractivity contribution in [3.8, 4) is 0 Å². The Bertz CT molecular complexity index is 395. The van der Waals surface area contributed by atoms with Gasteiger partial charge in [-0.15, -0.1) is 0 Å². The lowest BCUT2D eigenvalue weighted by Gasteiger charge is -2.44. The first-order valence-corrected chi connectivity index (χ1v) is 7.58. The standard InChI is InChI=1S/C16H27NO3/c1-14(2)5-7-16(20,8-6-14)11-17-12(18)9-15(3,4)10-13(17)19/h20H,5-11H2,1-4H3. The highest BCUT2D eigenvalue weighted by molar-refractivity contribution is 5.98. The summed E-state index contributed by atoms with van der Waals surface area (Å²) in [5.41, 5.74) is -0.881. The molecule has 20 heavy (non-hydrogen) atoms. The van der Waals surface area contributed by atoms with Crippen LogP contribution in [0.2, 0.25) is 0 Å². The summed E-state index contributed by atoms with van der Waals surface area (Å²) in [6.45, 7) is 8.46. The van der Waals surface area contributed by atoms with E-state index in [1.807, 2.05) is 13.8 Å². The highest BCUT2D eigenvalue weighted by Crippen LogP contribution is 2.41. The normalized spacial score (nSPS) is 28.6. The average molecular weight is 281 g/mol. The molecule has 1 N–H and O–H groups in total. The van der Waals surface area contributed by atoms with Gasteiger partial charge in [0.1, 0.15) is 0 Å². The topological polar surface area (TPSA) is 57.6 Å². The number of rotatable bonds is 2. The van der Waals surface area contributed by atoms with E-state index >= 15 is 0 Å². The van der Waals surface area contributed by atoms with Crippen LogP contribution in [0, 0.1) is 10.8 Å². The molecule has 0 bridgehead atoms. The maximum atomic E-state index is 12.2. The molecule has 2 aliphatic rings. The lowest BCUT2D eigenvalue weighted by atomic mass is 9.70. The third-order valence-electron chi connectivity index (χ3n) is 4.85. The van der Waals surface area contributed by atoms with E-state index < -0.39 is 5.60 Å². The van der Waals surface area contributed by atoms with E-state index in [1.165, 1.54) is 4.90 Å². The van der Waals surface area contributed by atoms with Crippen molar-refractivity contribution in [2.24, 2.45) is 10.8 Å². The summed E-state index contributed by atoms with van der Waals surface area (Å²) in [4.78, 5) is 25.6. The molecule has 1 saturated carbocycles. The Labute approximate surface area is 121 Å². The zero-order valence-corrected chi connectivity index (χ0v) is 13.2. The van der Waals surface area contributed by atoms with Crippen molar-refractivity contribution < 1.29 is 14.7 Å². The molecule has 1 heterocycles. The number of likely N-dealkylation sites (tertiary alicyclic amines) is 1. The van der Waals surface area contributed by atoms with Crippen molar-refractivity contribution in [1.82, 2.24) is 4.90 Å². The Kier molecular flexibility index (Phi) is 3.74. The van der Waals surface area contributed by atoms with Gasteiger partial charge < -0.3 is 5.11 Å². The lowest BCUT2D eigenvalue weighted by Crippen LogP contribution is -2.54. The predicted octanol–water partition coefficient (Wildman–Crippen LogP) is 2.49. The van der Waals surface area contributed by atoms with E-state index in [4.69, 9.17) is 0 Å². The molecule has 114 valence electrons. The monoisotopic (exact) mass is 281 g/mol. The highest BCUT2D eigenvalue weighted by atomic mass is 16.3. The second-order valence-electron chi connectivity index (χ2n) is 8.28. The van der Waals surface area contributed by atoms with Crippen molar-refractivity contribution in [3.05, 3.63) is 0 Å². The molecule has 0 aromatic heterocycles. The molecule has 1 aliphatic heterocycles. The van der Waals surface area contributed by atoms with Crippen LogP contribution in [-0.4, -0.2) is 34.0 Å².